The standard InChI is InChI=1S/C10H8FN3O2/c1-6-5-9(14-16-6)13-10(15)7-3-2-4-8(11)12-7/h2-5H,1H3,(H,13,14,15). The largest absolute Gasteiger partial charge is 0.360 e. The Hall–Kier alpha value is -2.24. The molecule has 0 bridgehead atoms. The van der Waals surface area contributed by atoms with Crippen LogP contribution in [0.2, 0.25) is 0 Å². The van der Waals surface area contributed by atoms with Crippen LogP contribution in [0.25, 0.3) is 0 Å². The number of nitrogens with one attached hydrogen (secondary N) is 1. The van der Waals surface area contributed by atoms with E-state index in [1.165, 1.54) is 12.1 Å². The molecule has 0 saturated carbocycles. The van der Waals surface area contributed by atoms with Gasteiger partial charge in [0.15, 0.2) is 5.82 Å². The molecule has 2 aromatic heterocycles. The molecular formula is C10H8FN3O2. The number of aryl methyl sites for hydroxylation is 1. The topological polar surface area (TPSA) is 68.0 Å². The second-order valence-electron chi connectivity index (χ2n) is 3.12. The van der Waals surface area contributed by atoms with Crippen molar-refractivity contribution >= 4 is 11.7 Å². The fraction of sp³-hybridized carbons (Fsp3) is 0.100. The van der Waals surface area contributed by atoms with Crippen LogP contribution in [-0.2, 0) is 0 Å². The first-order chi connectivity index (χ1) is 7.65. The summed E-state index contributed by atoms with van der Waals surface area (Å²) in [6, 6.07) is 5.53. The zero-order valence-electron chi connectivity index (χ0n) is 8.40. The van der Waals surface area contributed by atoms with Crippen molar-refractivity contribution in [2.75, 3.05) is 5.32 Å². The van der Waals surface area contributed by atoms with E-state index in [0.717, 1.165) is 6.07 Å². The molecule has 0 atom stereocenters. The lowest BCUT2D eigenvalue weighted by atomic mass is 10.3. The SMILES string of the molecule is Cc1cc(NC(=O)c2cccc(F)n2)no1. The Kier molecular flexibility index (Phi) is 2.63. The van der Waals surface area contributed by atoms with Crippen LogP contribution < -0.4 is 5.32 Å². The second kappa shape index (κ2) is 4.09. The summed E-state index contributed by atoms with van der Waals surface area (Å²) in [4.78, 5) is 15.0. The van der Waals surface area contributed by atoms with E-state index in [9.17, 15) is 9.18 Å². The van der Waals surface area contributed by atoms with Crippen molar-refractivity contribution < 1.29 is 13.7 Å². The van der Waals surface area contributed by atoms with E-state index in [2.05, 4.69) is 15.5 Å². The molecule has 16 heavy (non-hydrogen) atoms. The highest BCUT2D eigenvalue weighted by atomic mass is 19.1. The number of carbonyl (C=O) groups is 1. The number of halogens is 1. The van der Waals surface area contributed by atoms with E-state index in [1.54, 1.807) is 13.0 Å². The van der Waals surface area contributed by atoms with Crippen LogP contribution in [0.3, 0.4) is 0 Å². The van der Waals surface area contributed by atoms with E-state index >= 15 is 0 Å². The van der Waals surface area contributed by atoms with Gasteiger partial charge in [-0.1, -0.05) is 11.2 Å². The summed E-state index contributed by atoms with van der Waals surface area (Å²) in [5.74, 6) is -0.396. The van der Waals surface area contributed by atoms with Crippen LogP contribution >= 0.6 is 0 Å². The molecule has 0 aromatic carbocycles. The molecule has 0 unspecified atom stereocenters. The Morgan fingerprint density at radius 3 is 2.94 bits per heavy atom. The summed E-state index contributed by atoms with van der Waals surface area (Å²) in [6.45, 7) is 1.70. The molecule has 2 rings (SSSR count). The third-order valence-electron chi connectivity index (χ3n) is 1.82. The monoisotopic (exact) mass is 221 g/mol. The predicted molar refractivity (Wildman–Crippen MR) is 53.4 cm³/mol. The van der Waals surface area contributed by atoms with Gasteiger partial charge in [-0.25, -0.2) is 4.98 Å². The lowest BCUT2D eigenvalue weighted by Crippen LogP contribution is -2.14. The Morgan fingerprint density at radius 1 is 1.50 bits per heavy atom. The first-order valence-corrected chi connectivity index (χ1v) is 4.52. The number of hydrogen-bond acceptors (Lipinski definition) is 4. The number of pyridine rings is 1. The van der Waals surface area contributed by atoms with Gasteiger partial charge >= 0.3 is 0 Å². The molecule has 6 heteroatoms. The van der Waals surface area contributed by atoms with Crippen LogP contribution in [-0.4, -0.2) is 16.0 Å². The molecule has 0 aliphatic carbocycles. The van der Waals surface area contributed by atoms with Crippen molar-refractivity contribution in [1.82, 2.24) is 10.1 Å². The zero-order chi connectivity index (χ0) is 11.5. The molecule has 5 nitrogen and oxygen atoms in total. The van der Waals surface area contributed by atoms with E-state index in [-0.39, 0.29) is 11.5 Å². The summed E-state index contributed by atoms with van der Waals surface area (Å²) in [5, 5.41) is 6.01. The number of rotatable bonds is 2. The molecule has 1 N–H and O–H groups in total. The molecule has 0 aliphatic heterocycles. The highest BCUT2D eigenvalue weighted by Crippen LogP contribution is 2.08. The number of amides is 1. The van der Waals surface area contributed by atoms with Gasteiger partial charge in [-0.05, 0) is 19.1 Å². The maximum absolute atomic E-state index is 12.7. The quantitative estimate of drug-likeness (QED) is 0.784. The lowest BCUT2D eigenvalue weighted by Gasteiger charge is -1.99. The van der Waals surface area contributed by atoms with Gasteiger partial charge in [0.1, 0.15) is 11.5 Å². The van der Waals surface area contributed by atoms with Gasteiger partial charge in [-0.2, -0.15) is 4.39 Å². The Bertz CT molecular complexity index is 524. The van der Waals surface area contributed by atoms with Crippen LogP contribution in [0.5, 0.6) is 0 Å². The summed E-state index contributed by atoms with van der Waals surface area (Å²) in [7, 11) is 0. The number of carbonyl (C=O) groups excluding carboxylic acids is 1. The Morgan fingerprint density at radius 2 is 2.31 bits per heavy atom. The van der Waals surface area contributed by atoms with Crippen LogP contribution in [0, 0.1) is 12.9 Å². The smallest absolute Gasteiger partial charge is 0.275 e. The van der Waals surface area contributed by atoms with Crippen LogP contribution in [0.15, 0.2) is 28.8 Å². The third kappa shape index (κ3) is 2.22. The minimum absolute atomic E-state index is 0.0133. The molecule has 0 radical (unpaired) electrons. The van der Waals surface area contributed by atoms with Gasteiger partial charge in [0.05, 0.1) is 0 Å². The second-order valence-corrected chi connectivity index (χ2v) is 3.12. The molecule has 2 aromatic rings. The molecule has 1 amide bonds. The highest BCUT2D eigenvalue weighted by Gasteiger charge is 2.10. The normalized spacial score (nSPS) is 10.1. The minimum atomic E-state index is -0.705. The van der Waals surface area contributed by atoms with Crippen molar-refractivity contribution in [2.24, 2.45) is 0 Å². The Labute approximate surface area is 90.3 Å². The van der Waals surface area contributed by atoms with Gasteiger partial charge in [-0.3, -0.25) is 4.79 Å². The zero-order valence-corrected chi connectivity index (χ0v) is 8.40. The molecule has 82 valence electrons. The van der Waals surface area contributed by atoms with Crippen LogP contribution in [0.1, 0.15) is 16.2 Å². The first-order valence-electron chi connectivity index (χ1n) is 4.52. The van der Waals surface area contributed by atoms with E-state index < -0.39 is 11.9 Å². The number of anilines is 1. The van der Waals surface area contributed by atoms with Gasteiger partial charge in [0.25, 0.3) is 5.91 Å². The molecule has 0 saturated heterocycles. The van der Waals surface area contributed by atoms with Gasteiger partial charge in [0.2, 0.25) is 5.95 Å². The van der Waals surface area contributed by atoms with Crippen molar-refractivity contribution in [3.63, 3.8) is 0 Å². The number of hydrogen-bond donors (Lipinski definition) is 1. The summed E-state index contributed by atoms with van der Waals surface area (Å²) in [6.07, 6.45) is 0. The average molecular weight is 221 g/mol. The number of aromatic nitrogens is 2. The van der Waals surface area contributed by atoms with E-state index in [4.69, 9.17) is 4.52 Å². The molecule has 0 spiro atoms. The van der Waals surface area contributed by atoms with E-state index in [1.807, 2.05) is 0 Å². The minimum Gasteiger partial charge on any atom is -0.360 e. The maximum atomic E-state index is 12.7. The van der Waals surface area contributed by atoms with Gasteiger partial charge in [-0.15, -0.1) is 0 Å². The van der Waals surface area contributed by atoms with Crippen molar-refractivity contribution in [3.8, 4) is 0 Å². The summed E-state index contributed by atoms with van der Waals surface area (Å²) >= 11 is 0. The van der Waals surface area contributed by atoms with Gasteiger partial charge < -0.3 is 9.84 Å². The summed E-state index contributed by atoms with van der Waals surface area (Å²) < 4.78 is 17.5. The van der Waals surface area contributed by atoms with Gasteiger partial charge in [0, 0.05) is 6.07 Å². The average Bonchev–Trinajstić information content (AvgIpc) is 2.64. The lowest BCUT2D eigenvalue weighted by molar-refractivity contribution is 0.102. The predicted octanol–water partition coefficient (Wildman–Crippen LogP) is 1.77. The summed E-state index contributed by atoms with van der Waals surface area (Å²) in [5.41, 5.74) is -0.0133. The van der Waals surface area contributed by atoms with E-state index in [0.29, 0.717) is 5.76 Å². The first kappa shape index (κ1) is 10.3. The van der Waals surface area contributed by atoms with Crippen molar-refractivity contribution in [2.45, 2.75) is 6.92 Å². The number of nitrogens with zero attached hydrogens (tertiary/aromatic N) is 2. The van der Waals surface area contributed by atoms with Crippen LogP contribution in [0.4, 0.5) is 10.2 Å². The Balaban J connectivity index is 2.14. The van der Waals surface area contributed by atoms with Crippen molar-refractivity contribution in [1.29, 1.82) is 0 Å². The maximum Gasteiger partial charge on any atom is 0.275 e. The fourth-order valence-corrected chi connectivity index (χ4v) is 1.14. The highest BCUT2D eigenvalue weighted by molar-refractivity contribution is 6.02. The molecule has 2 heterocycles. The van der Waals surface area contributed by atoms with Crippen molar-refractivity contribution in [3.05, 3.63) is 41.7 Å². The molecule has 0 aliphatic rings. The third-order valence-corrected chi connectivity index (χ3v) is 1.82. The molecule has 0 fully saturated rings. The fourth-order valence-electron chi connectivity index (χ4n) is 1.14. The molecular weight excluding hydrogens is 213 g/mol.